The third kappa shape index (κ3) is 7.44. The molecule has 0 aromatic carbocycles. The van der Waals surface area contributed by atoms with Crippen molar-refractivity contribution >= 4 is 23.5 Å². The van der Waals surface area contributed by atoms with Crippen molar-refractivity contribution in [3.8, 4) is 0 Å². The van der Waals surface area contributed by atoms with E-state index in [1.165, 1.54) is 0 Å². The lowest BCUT2D eigenvalue weighted by atomic mass is 9.95. The van der Waals surface area contributed by atoms with Gasteiger partial charge in [0.2, 0.25) is 17.7 Å². The number of halogens is 3. The first-order valence-corrected chi connectivity index (χ1v) is 10.9. The quantitative estimate of drug-likeness (QED) is 0.412. The van der Waals surface area contributed by atoms with Crippen molar-refractivity contribution in [1.29, 1.82) is 0 Å². The maximum atomic E-state index is 12.9. The molecule has 2 heterocycles. The number of ketones is 1. The van der Waals surface area contributed by atoms with Crippen LogP contribution >= 0.6 is 0 Å². The smallest absolute Gasteiger partial charge is 0.368 e. The van der Waals surface area contributed by atoms with Gasteiger partial charge in [0, 0.05) is 19.1 Å². The van der Waals surface area contributed by atoms with Crippen LogP contribution in [0.2, 0.25) is 0 Å². The van der Waals surface area contributed by atoms with Crippen LogP contribution in [-0.2, 0) is 28.7 Å². The third-order valence-electron chi connectivity index (χ3n) is 5.89. The van der Waals surface area contributed by atoms with Gasteiger partial charge in [-0.2, -0.15) is 0 Å². The van der Waals surface area contributed by atoms with Gasteiger partial charge >= 0.3 is 6.36 Å². The second kappa shape index (κ2) is 10.6. The van der Waals surface area contributed by atoms with E-state index in [0.29, 0.717) is 32.4 Å². The van der Waals surface area contributed by atoms with Gasteiger partial charge in [-0.15, -0.1) is 13.2 Å². The molecule has 2 aliphatic heterocycles. The Morgan fingerprint density at radius 2 is 1.84 bits per heavy atom. The summed E-state index contributed by atoms with van der Waals surface area (Å²) in [5, 5.41) is 7.71. The Morgan fingerprint density at radius 3 is 2.41 bits per heavy atom. The topological polar surface area (TPSA) is 123 Å². The average molecular weight is 463 g/mol. The zero-order valence-electron chi connectivity index (χ0n) is 17.5. The van der Waals surface area contributed by atoms with Crippen LogP contribution in [0.5, 0.6) is 0 Å². The van der Waals surface area contributed by atoms with Crippen LogP contribution in [0.1, 0.15) is 44.9 Å². The van der Waals surface area contributed by atoms with Crippen molar-refractivity contribution < 1.29 is 41.8 Å². The Labute approximate surface area is 183 Å². The lowest BCUT2D eigenvalue weighted by Gasteiger charge is -2.25. The van der Waals surface area contributed by atoms with Gasteiger partial charge in [-0.25, -0.2) is 0 Å². The van der Waals surface area contributed by atoms with Crippen molar-refractivity contribution in [2.75, 3.05) is 19.8 Å². The highest BCUT2D eigenvalue weighted by atomic mass is 19.4. The molecule has 0 spiro atoms. The third-order valence-corrected chi connectivity index (χ3v) is 5.89. The summed E-state index contributed by atoms with van der Waals surface area (Å²) in [5.41, 5.74) is 0. The molecule has 32 heavy (non-hydrogen) atoms. The van der Waals surface area contributed by atoms with E-state index in [9.17, 15) is 32.3 Å². The van der Waals surface area contributed by atoms with Crippen molar-refractivity contribution in [2.24, 2.45) is 11.8 Å². The molecule has 3 rings (SSSR count). The minimum Gasteiger partial charge on any atom is -0.368 e. The van der Waals surface area contributed by atoms with E-state index in [4.69, 9.17) is 4.74 Å². The predicted molar refractivity (Wildman–Crippen MR) is 103 cm³/mol. The lowest BCUT2D eigenvalue weighted by Crippen LogP contribution is -2.54. The minimum absolute atomic E-state index is 0.145. The fourth-order valence-electron chi connectivity index (χ4n) is 3.92. The Hall–Kier alpha value is -2.21. The molecule has 1 aliphatic carbocycles. The van der Waals surface area contributed by atoms with Gasteiger partial charge in [0.15, 0.2) is 5.78 Å². The van der Waals surface area contributed by atoms with E-state index in [1.807, 2.05) is 0 Å². The van der Waals surface area contributed by atoms with Gasteiger partial charge in [-0.1, -0.05) is 12.8 Å². The zero-order valence-corrected chi connectivity index (χ0v) is 17.5. The SMILES string of the molecule is O=C1NCCC1CC(NC(=O)C(CC1CC1)NC(=O)C1CCCO1)C(=O)COC(F)(F)F. The molecule has 0 aromatic rings. The maximum absolute atomic E-state index is 12.9. The van der Waals surface area contributed by atoms with Crippen molar-refractivity contribution in [3.05, 3.63) is 0 Å². The summed E-state index contributed by atoms with van der Waals surface area (Å²) >= 11 is 0. The largest absolute Gasteiger partial charge is 0.522 e. The molecule has 3 aliphatic rings. The number of hydrogen-bond donors (Lipinski definition) is 3. The number of nitrogens with one attached hydrogen (secondary N) is 3. The molecular formula is C20H28F3N3O6. The summed E-state index contributed by atoms with van der Waals surface area (Å²) in [5.74, 6) is -2.79. The fraction of sp³-hybridized carbons (Fsp3) is 0.800. The summed E-state index contributed by atoms with van der Waals surface area (Å²) in [6, 6.07) is -2.30. The number of alkyl halides is 3. The highest BCUT2D eigenvalue weighted by molar-refractivity contribution is 5.94. The molecule has 3 N–H and O–H groups in total. The highest BCUT2D eigenvalue weighted by Gasteiger charge is 2.38. The highest BCUT2D eigenvalue weighted by Crippen LogP contribution is 2.33. The Kier molecular flexibility index (Phi) is 8.10. The van der Waals surface area contributed by atoms with Crippen LogP contribution in [0.15, 0.2) is 0 Å². The molecule has 0 bridgehead atoms. The summed E-state index contributed by atoms with van der Waals surface area (Å²) in [6.45, 7) is -0.436. The summed E-state index contributed by atoms with van der Waals surface area (Å²) in [6.07, 6.45) is -1.95. The molecule has 12 heteroatoms. The van der Waals surface area contributed by atoms with E-state index < -0.39 is 54.7 Å². The summed E-state index contributed by atoms with van der Waals surface area (Å²) < 4.78 is 46.1. The van der Waals surface area contributed by atoms with Crippen LogP contribution in [0.3, 0.4) is 0 Å². The summed E-state index contributed by atoms with van der Waals surface area (Å²) in [4.78, 5) is 49.7. The number of amides is 3. The van der Waals surface area contributed by atoms with Crippen LogP contribution in [0.25, 0.3) is 0 Å². The van der Waals surface area contributed by atoms with Gasteiger partial charge in [0.05, 0.1) is 6.04 Å². The minimum atomic E-state index is -5.00. The number of ether oxygens (including phenoxy) is 2. The standard InChI is InChI=1S/C20H28F3N3O6/c21-20(22,23)32-10-15(27)13(9-12-5-6-24-17(12)28)25-18(29)14(8-11-3-4-11)26-19(30)16-2-1-7-31-16/h11-14,16H,1-10H2,(H,24,28)(H,25,29)(H,26,30). The Morgan fingerprint density at radius 1 is 1.09 bits per heavy atom. The molecule has 9 nitrogen and oxygen atoms in total. The number of hydrogen-bond acceptors (Lipinski definition) is 6. The Balaban J connectivity index is 1.65. The molecule has 3 fully saturated rings. The Bertz CT molecular complexity index is 722. The van der Waals surface area contributed by atoms with Gasteiger partial charge in [-0.3, -0.25) is 23.9 Å². The van der Waals surface area contributed by atoms with Crippen molar-refractivity contribution in [1.82, 2.24) is 16.0 Å². The van der Waals surface area contributed by atoms with Gasteiger partial charge in [0.1, 0.15) is 18.8 Å². The normalized spacial score (nSPS) is 25.2. The number of rotatable bonds is 11. The first kappa shape index (κ1) is 24.4. The van der Waals surface area contributed by atoms with E-state index >= 15 is 0 Å². The van der Waals surface area contributed by atoms with Crippen LogP contribution in [0, 0.1) is 11.8 Å². The van der Waals surface area contributed by atoms with E-state index in [2.05, 4.69) is 20.7 Å². The van der Waals surface area contributed by atoms with Crippen molar-refractivity contribution in [3.63, 3.8) is 0 Å². The molecule has 2 saturated heterocycles. The average Bonchev–Trinajstić information content (AvgIpc) is 3.20. The van der Waals surface area contributed by atoms with Crippen molar-refractivity contribution in [2.45, 2.75) is 69.5 Å². The van der Waals surface area contributed by atoms with Gasteiger partial charge in [-0.05, 0) is 38.0 Å². The predicted octanol–water partition coefficient (Wildman–Crippen LogP) is 0.567. The molecule has 0 aromatic heterocycles. The second-order valence-corrected chi connectivity index (χ2v) is 8.52. The van der Waals surface area contributed by atoms with Gasteiger partial charge in [0.25, 0.3) is 0 Å². The molecule has 4 unspecified atom stereocenters. The number of carbonyl (C=O) groups excluding carboxylic acids is 4. The lowest BCUT2D eigenvalue weighted by molar-refractivity contribution is -0.321. The van der Waals surface area contributed by atoms with E-state index in [1.54, 1.807) is 0 Å². The molecule has 4 atom stereocenters. The van der Waals surface area contributed by atoms with Gasteiger partial charge < -0.3 is 20.7 Å². The zero-order chi connectivity index (χ0) is 23.3. The number of Topliss-reactive ketones (excluding diaryl/α,β-unsaturated/α-hetero) is 1. The fourth-order valence-corrected chi connectivity index (χ4v) is 3.92. The number of carbonyl (C=O) groups is 4. The summed E-state index contributed by atoms with van der Waals surface area (Å²) in [7, 11) is 0. The molecule has 0 radical (unpaired) electrons. The van der Waals surface area contributed by atoms with Crippen LogP contribution in [0.4, 0.5) is 13.2 Å². The molecule has 180 valence electrons. The monoisotopic (exact) mass is 463 g/mol. The molecule has 3 amide bonds. The van der Waals surface area contributed by atoms with E-state index in [0.717, 1.165) is 19.3 Å². The van der Waals surface area contributed by atoms with Crippen LogP contribution in [-0.4, -0.2) is 67.8 Å². The van der Waals surface area contributed by atoms with Crippen LogP contribution < -0.4 is 16.0 Å². The maximum Gasteiger partial charge on any atom is 0.522 e. The second-order valence-electron chi connectivity index (χ2n) is 8.52. The first-order valence-electron chi connectivity index (χ1n) is 10.9. The molecular weight excluding hydrogens is 435 g/mol. The molecule has 1 saturated carbocycles. The van der Waals surface area contributed by atoms with E-state index in [-0.39, 0.29) is 18.2 Å². The first-order chi connectivity index (χ1) is 15.1.